The Bertz CT molecular complexity index is 1480. The number of hydrogen-bond donors (Lipinski definition) is 3. The van der Waals surface area contributed by atoms with E-state index in [2.05, 4.69) is 10.6 Å². The average molecular weight is 706 g/mol. The summed E-state index contributed by atoms with van der Waals surface area (Å²) in [5.74, 6) is -1.86. The van der Waals surface area contributed by atoms with Crippen LogP contribution in [0.4, 0.5) is 0 Å². The molecule has 0 fully saturated rings. The van der Waals surface area contributed by atoms with E-state index in [4.69, 9.17) is 23.4 Å². The summed E-state index contributed by atoms with van der Waals surface area (Å²) in [5.41, 5.74) is 6.35. The van der Waals surface area contributed by atoms with Gasteiger partial charge < -0.3 is 34.1 Å². The number of amides is 2. The zero-order valence-electron chi connectivity index (χ0n) is 30.9. The van der Waals surface area contributed by atoms with E-state index in [9.17, 15) is 14.4 Å². The van der Waals surface area contributed by atoms with Gasteiger partial charge in [0, 0.05) is 12.8 Å². The van der Waals surface area contributed by atoms with E-state index in [0.29, 0.717) is 0 Å². The number of nitrogens with two attached hydrogens (primary N) is 1. The summed E-state index contributed by atoms with van der Waals surface area (Å²) >= 11 is 0. The summed E-state index contributed by atoms with van der Waals surface area (Å²) in [4.78, 5) is 41.9. The lowest BCUT2D eigenvalue weighted by molar-refractivity contribution is -0.164. The van der Waals surface area contributed by atoms with Crippen molar-refractivity contribution in [2.24, 2.45) is 5.73 Å². The highest BCUT2D eigenvalue weighted by atomic mass is 28.4. The first-order chi connectivity index (χ1) is 23.2. The summed E-state index contributed by atoms with van der Waals surface area (Å²) in [5, 5.41) is 5.72. The van der Waals surface area contributed by atoms with Crippen LogP contribution in [0.3, 0.4) is 0 Å². The van der Waals surface area contributed by atoms with Gasteiger partial charge in [0.1, 0.15) is 12.1 Å². The molecule has 3 atom stereocenters. The van der Waals surface area contributed by atoms with Crippen molar-refractivity contribution in [3.8, 4) is 0 Å². The molecule has 50 heavy (non-hydrogen) atoms. The minimum Gasteiger partial charge on any atom is -0.450 e. The van der Waals surface area contributed by atoms with Crippen molar-refractivity contribution in [2.75, 3.05) is 0 Å². The highest BCUT2D eigenvalue weighted by molar-refractivity contribution is 6.56. The van der Waals surface area contributed by atoms with Crippen molar-refractivity contribution in [3.63, 3.8) is 0 Å². The molecule has 0 aromatic heterocycles. The van der Waals surface area contributed by atoms with Crippen LogP contribution >= 0.6 is 0 Å². The second kappa shape index (κ2) is 17.4. The van der Waals surface area contributed by atoms with Crippen LogP contribution in [0.2, 0.25) is 0 Å². The molecule has 11 heteroatoms. The van der Waals surface area contributed by atoms with Gasteiger partial charge in [0.05, 0.1) is 22.8 Å². The molecule has 0 aliphatic carbocycles. The van der Waals surface area contributed by atoms with E-state index >= 15 is 0 Å². The first kappa shape index (κ1) is 40.6. The lowest BCUT2D eigenvalue weighted by Gasteiger charge is -2.40. The van der Waals surface area contributed by atoms with Crippen LogP contribution in [-0.2, 0) is 51.4 Å². The maximum absolute atomic E-state index is 14.3. The zero-order chi connectivity index (χ0) is 37.2. The Morgan fingerprint density at radius 3 is 1.28 bits per heavy atom. The van der Waals surface area contributed by atoms with Crippen LogP contribution in [0, 0.1) is 0 Å². The maximum atomic E-state index is 14.3. The van der Waals surface area contributed by atoms with Gasteiger partial charge in [0.2, 0.25) is 11.8 Å². The Kier molecular flexibility index (Phi) is 14.1. The van der Waals surface area contributed by atoms with Crippen LogP contribution in [0.5, 0.6) is 0 Å². The van der Waals surface area contributed by atoms with E-state index in [1.807, 2.05) is 153 Å². The predicted molar refractivity (Wildman–Crippen MR) is 197 cm³/mol. The zero-order valence-corrected chi connectivity index (χ0v) is 31.9. The van der Waals surface area contributed by atoms with E-state index in [-0.39, 0.29) is 19.3 Å². The summed E-state index contributed by atoms with van der Waals surface area (Å²) in [6.45, 7) is 16.4. The lowest BCUT2D eigenvalue weighted by atomic mass is 10.0. The van der Waals surface area contributed by atoms with Gasteiger partial charge in [-0.3, -0.25) is 14.4 Å². The molecule has 0 spiro atoms. The fourth-order valence-electron chi connectivity index (χ4n) is 5.06. The van der Waals surface area contributed by atoms with Gasteiger partial charge in [-0.25, -0.2) is 0 Å². The fraction of sp³-hybridized carbons (Fsp3) is 0.462. The van der Waals surface area contributed by atoms with Gasteiger partial charge in [-0.1, -0.05) is 91.0 Å². The molecule has 0 bridgehead atoms. The fourth-order valence-corrected chi connectivity index (χ4v) is 7.95. The highest BCUT2D eigenvalue weighted by Crippen LogP contribution is 2.30. The van der Waals surface area contributed by atoms with Crippen molar-refractivity contribution in [1.82, 2.24) is 10.6 Å². The molecule has 272 valence electrons. The molecule has 2 amide bonds. The average Bonchev–Trinajstić information content (AvgIpc) is 2.99. The molecule has 3 aromatic carbocycles. The number of carbonyl (C=O) groups is 3. The van der Waals surface area contributed by atoms with Gasteiger partial charge in [-0.2, -0.15) is 0 Å². The Morgan fingerprint density at radius 1 is 0.560 bits per heavy atom. The third-order valence-corrected chi connectivity index (χ3v) is 9.99. The minimum atomic E-state index is -4.25. The third kappa shape index (κ3) is 14.5. The second-order valence-electron chi connectivity index (χ2n) is 15.4. The highest BCUT2D eigenvalue weighted by Gasteiger charge is 2.58. The smallest absolute Gasteiger partial charge is 0.450 e. The number of carbonyl (C=O) groups excluding carboxylic acids is 3. The Hall–Kier alpha value is -3.87. The van der Waals surface area contributed by atoms with Gasteiger partial charge in [-0.05, 0) is 85.4 Å². The Morgan fingerprint density at radius 2 is 0.900 bits per heavy atom. The third-order valence-electron chi connectivity index (χ3n) is 6.95. The van der Waals surface area contributed by atoms with Crippen molar-refractivity contribution in [3.05, 3.63) is 108 Å². The number of rotatable bonds is 15. The van der Waals surface area contributed by atoms with Gasteiger partial charge in [0.15, 0.2) is 0 Å². The van der Waals surface area contributed by atoms with E-state index in [1.165, 1.54) is 0 Å². The SMILES string of the molecule is CC(C)(C)O[Si](OC(=O)[C@H](Cc1ccccc1)NC(=O)[C@H](Cc1ccccc1)NC(=O)[C@@H](N)Cc1ccccc1)(OC(C)(C)C)OC(C)(C)C. The molecule has 0 saturated carbocycles. The van der Waals surface area contributed by atoms with Crippen molar-refractivity contribution < 1.29 is 32.1 Å². The van der Waals surface area contributed by atoms with Gasteiger partial charge >= 0.3 is 15.0 Å². The van der Waals surface area contributed by atoms with Crippen LogP contribution in [0.15, 0.2) is 91.0 Å². The molecule has 0 heterocycles. The Labute approximate surface area is 298 Å². The van der Waals surface area contributed by atoms with E-state index < -0.39 is 61.8 Å². The predicted octanol–water partition coefficient (Wildman–Crippen LogP) is 5.44. The molecule has 10 nitrogen and oxygen atoms in total. The lowest BCUT2D eigenvalue weighted by Crippen LogP contribution is -2.62. The van der Waals surface area contributed by atoms with Gasteiger partial charge in [0.25, 0.3) is 0 Å². The van der Waals surface area contributed by atoms with Crippen molar-refractivity contribution in [1.29, 1.82) is 0 Å². The monoisotopic (exact) mass is 705 g/mol. The summed E-state index contributed by atoms with van der Waals surface area (Å²) in [6, 6.07) is 24.8. The number of hydrogen-bond acceptors (Lipinski definition) is 8. The molecule has 3 aromatic rings. The van der Waals surface area contributed by atoms with Gasteiger partial charge in [-0.15, -0.1) is 0 Å². The van der Waals surface area contributed by atoms with Crippen LogP contribution in [-0.4, -0.2) is 61.8 Å². The standard InChI is InChI=1S/C39H55N3O7Si/c1-37(2,3)47-50(48-38(4,5)6,49-39(7,8)9)46-36(45)33(27-30-23-17-12-18-24-30)42-35(44)32(26-29-21-15-11-16-22-29)41-34(43)31(40)25-28-19-13-10-14-20-28/h10-24,31-33H,25-27,40H2,1-9H3,(H,41,43)(H,42,44)/t31-,32-,33-/m0/s1. The molecule has 0 radical (unpaired) electrons. The van der Waals surface area contributed by atoms with E-state index in [1.54, 1.807) is 0 Å². The maximum Gasteiger partial charge on any atom is 0.752 e. The summed E-state index contributed by atoms with van der Waals surface area (Å²) in [6.07, 6.45) is 0.545. The number of benzene rings is 3. The van der Waals surface area contributed by atoms with Crippen LogP contribution in [0.1, 0.15) is 79.0 Å². The van der Waals surface area contributed by atoms with Crippen LogP contribution in [0.25, 0.3) is 0 Å². The first-order valence-electron chi connectivity index (χ1n) is 17.0. The second-order valence-corrected chi connectivity index (χ2v) is 17.2. The normalized spacial score (nSPS) is 14.3. The summed E-state index contributed by atoms with van der Waals surface area (Å²) in [7, 11) is -4.25. The largest absolute Gasteiger partial charge is 0.752 e. The molecule has 0 unspecified atom stereocenters. The topological polar surface area (TPSA) is 138 Å². The van der Waals surface area contributed by atoms with Crippen LogP contribution < -0.4 is 16.4 Å². The molecule has 4 N–H and O–H groups in total. The Balaban J connectivity index is 1.97. The number of nitrogens with one attached hydrogen (secondary N) is 2. The quantitative estimate of drug-likeness (QED) is 0.178. The summed E-state index contributed by atoms with van der Waals surface area (Å²) < 4.78 is 25.3. The van der Waals surface area contributed by atoms with E-state index in [0.717, 1.165) is 16.7 Å². The molecule has 0 aliphatic heterocycles. The molecular formula is C39H55N3O7Si. The minimum absolute atomic E-state index is 0.0932. The van der Waals surface area contributed by atoms with Crippen molar-refractivity contribution >= 4 is 26.8 Å². The first-order valence-corrected chi connectivity index (χ1v) is 18.7. The molecule has 0 saturated heterocycles. The molecule has 3 rings (SSSR count). The molecule has 0 aliphatic rings. The molecular weight excluding hydrogens is 651 g/mol. The van der Waals surface area contributed by atoms with Crippen molar-refractivity contribution in [2.45, 2.75) is 117 Å².